The molecule has 0 aromatic heterocycles. The summed E-state index contributed by atoms with van der Waals surface area (Å²) in [4.78, 5) is 0. The fraction of sp³-hybridized carbons (Fsp3) is 0.500. The van der Waals surface area contributed by atoms with Crippen LogP contribution in [0.4, 0.5) is 0 Å². The zero-order valence-electron chi connectivity index (χ0n) is 10.9. The summed E-state index contributed by atoms with van der Waals surface area (Å²) in [5, 5.41) is 12.4. The van der Waals surface area contributed by atoms with Crippen LogP contribution in [-0.4, -0.2) is 13.7 Å². The van der Waals surface area contributed by atoms with Crippen molar-refractivity contribution in [3.63, 3.8) is 0 Å². The highest BCUT2D eigenvalue weighted by Gasteiger charge is 2.11. The molecule has 0 heterocycles. The molecule has 0 amide bonds. The van der Waals surface area contributed by atoms with Crippen LogP contribution in [0.2, 0.25) is 0 Å². The van der Waals surface area contributed by atoms with Crippen molar-refractivity contribution in [1.82, 2.24) is 5.32 Å². The Morgan fingerprint density at radius 2 is 2.12 bits per heavy atom. The second-order valence-corrected chi connectivity index (χ2v) is 4.59. The van der Waals surface area contributed by atoms with E-state index in [0.717, 1.165) is 23.4 Å². The molecule has 17 heavy (non-hydrogen) atoms. The molecule has 0 bridgehead atoms. The van der Waals surface area contributed by atoms with Crippen molar-refractivity contribution < 1.29 is 4.74 Å². The number of ether oxygens (including phenoxy) is 1. The summed E-state index contributed by atoms with van der Waals surface area (Å²) in [6, 6.07) is 7.88. The zero-order chi connectivity index (χ0) is 12.8. The Morgan fingerprint density at radius 1 is 1.41 bits per heavy atom. The van der Waals surface area contributed by atoms with E-state index in [1.165, 1.54) is 0 Å². The smallest absolute Gasteiger partial charge is 0.121 e. The van der Waals surface area contributed by atoms with Gasteiger partial charge >= 0.3 is 0 Å². The Balaban J connectivity index is 2.83. The van der Waals surface area contributed by atoms with Gasteiger partial charge in [0, 0.05) is 0 Å². The van der Waals surface area contributed by atoms with Crippen LogP contribution in [0.3, 0.4) is 0 Å². The normalized spacial score (nSPS) is 12.2. The summed E-state index contributed by atoms with van der Waals surface area (Å²) in [6.07, 6.45) is 0. The number of methoxy groups -OCH3 is 1. The van der Waals surface area contributed by atoms with Gasteiger partial charge in [0.05, 0.1) is 13.2 Å². The third-order valence-electron chi connectivity index (χ3n) is 2.61. The first kappa shape index (κ1) is 13.5. The predicted molar refractivity (Wildman–Crippen MR) is 68.9 cm³/mol. The third kappa shape index (κ3) is 3.76. The average Bonchev–Trinajstić information content (AvgIpc) is 2.29. The largest absolute Gasteiger partial charge is 0.496 e. The molecule has 0 spiro atoms. The van der Waals surface area contributed by atoms with Crippen LogP contribution >= 0.6 is 0 Å². The maximum atomic E-state index is 9.17. The molecule has 1 aromatic carbocycles. The van der Waals surface area contributed by atoms with Crippen molar-refractivity contribution in [3.05, 3.63) is 29.3 Å². The maximum Gasteiger partial charge on any atom is 0.121 e. The summed E-state index contributed by atoms with van der Waals surface area (Å²) in [7, 11) is 1.65. The third-order valence-corrected chi connectivity index (χ3v) is 2.61. The van der Waals surface area contributed by atoms with Crippen molar-refractivity contribution in [3.8, 4) is 11.8 Å². The van der Waals surface area contributed by atoms with E-state index < -0.39 is 0 Å². The SMILES string of the molecule is COc1ccc(C(C#N)NCC(C)C)cc1C. The molecule has 3 nitrogen and oxygen atoms in total. The molecule has 0 fully saturated rings. The van der Waals surface area contributed by atoms with Gasteiger partial charge in [-0.2, -0.15) is 5.26 Å². The van der Waals surface area contributed by atoms with Gasteiger partial charge in [-0.25, -0.2) is 0 Å². The fourth-order valence-electron chi connectivity index (χ4n) is 1.67. The highest BCUT2D eigenvalue weighted by molar-refractivity contribution is 5.38. The molecule has 1 rings (SSSR count). The lowest BCUT2D eigenvalue weighted by Gasteiger charge is -2.15. The van der Waals surface area contributed by atoms with E-state index >= 15 is 0 Å². The van der Waals surface area contributed by atoms with Gasteiger partial charge in [-0.1, -0.05) is 19.9 Å². The Morgan fingerprint density at radius 3 is 2.59 bits per heavy atom. The van der Waals surface area contributed by atoms with E-state index in [0.29, 0.717) is 5.92 Å². The van der Waals surface area contributed by atoms with Gasteiger partial charge in [0.15, 0.2) is 0 Å². The first-order valence-electron chi connectivity index (χ1n) is 5.86. The van der Waals surface area contributed by atoms with Gasteiger partial charge in [0.2, 0.25) is 0 Å². The molecular formula is C14H20N2O. The molecule has 0 radical (unpaired) electrons. The molecule has 1 N–H and O–H groups in total. The Hall–Kier alpha value is -1.53. The highest BCUT2D eigenvalue weighted by atomic mass is 16.5. The minimum atomic E-state index is -0.248. The number of hydrogen-bond acceptors (Lipinski definition) is 3. The van der Waals surface area contributed by atoms with Crippen LogP contribution in [0.15, 0.2) is 18.2 Å². The van der Waals surface area contributed by atoms with Crippen molar-refractivity contribution in [2.24, 2.45) is 5.92 Å². The minimum Gasteiger partial charge on any atom is -0.496 e. The quantitative estimate of drug-likeness (QED) is 0.849. The maximum absolute atomic E-state index is 9.17. The van der Waals surface area contributed by atoms with Crippen LogP contribution < -0.4 is 10.1 Å². The van der Waals surface area contributed by atoms with Gasteiger partial charge in [-0.05, 0) is 42.6 Å². The summed E-state index contributed by atoms with van der Waals surface area (Å²) >= 11 is 0. The number of rotatable bonds is 5. The monoisotopic (exact) mass is 232 g/mol. The molecule has 0 aliphatic carbocycles. The van der Waals surface area contributed by atoms with E-state index in [4.69, 9.17) is 10.00 Å². The second kappa shape index (κ2) is 6.27. The van der Waals surface area contributed by atoms with Gasteiger partial charge in [-0.15, -0.1) is 0 Å². The van der Waals surface area contributed by atoms with Crippen LogP contribution in [-0.2, 0) is 0 Å². The molecule has 1 unspecified atom stereocenters. The van der Waals surface area contributed by atoms with E-state index in [9.17, 15) is 0 Å². The van der Waals surface area contributed by atoms with Gasteiger partial charge in [0.1, 0.15) is 11.8 Å². The molecule has 0 saturated heterocycles. The van der Waals surface area contributed by atoms with Crippen molar-refractivity contribution in [2.45, 2.75) is 26.8 Å². The number of nitriles is 1. The van der Waals surface area contributed by atoms with Gasteiger partial charge < -0.3 is 4.74 Å². The molecule has 1 aromatic rings. The number of hydrogen-bond donors (Lipinski definition) is 1. The standard InChI is InChI=1S/C14H20N2O/c1-10(2)9-16-13(8-15)12-5-6-14(17-4)11(3)7-12/h5-7,10,13,16H,9H2,1-4H3. The summed E-state index contributed by atoms with van der Waals surface area (Å²) in [5.41, 5.74) is 2.04. The first-order chi connectivity index (χ1) is 8.08. The van der Waals surface area contributed by atoms with Crippen LogP contribution in [0.5, 0.6) is 5.75 Å². The molecule has 0 aliphatic heterocycles. The molecule has 1 atom stereocenters. The lowest BCUT2D eigenvalue weighted by molar-refractivity contribution is 0.411. The van der Waals surface area contributed by atoms with E-state index in [2.05, 4.69) is 25.2 Å². The van der Waals surface area contributed by atoms with E-state index in [1.54, 1.807) is 7.11 Å². The van der Waals surface area contributed by atoms with Crippen molar-refractivity contribution >= 4 is 0 Å². The lowest BCUT2D eigenvalue weighted by Crippen LogP contribution is -2.24. The molecule has 0 aliphatic rings. The summed E-state index contributed by atoms with van der Waals surface area (Å²) < 4.78 is 5.21. The van der Waals surface area contributed by atoms with Gasteiger partial charge in [0.25, 0.3) is 0 Å². The Labute approximate surface area is 103 Å². The lowest BCUT2D eigenvalue weighted by atomic mass is 10.0. The predicted octanol–water partition coefficient (Wildman–Crippen LogP) is 2.81. The minimum absolute atomic E-state index is 0.248. The number of nitrogens with one attached hydrogen (secondary N) is 1. The Bertz CT molecular complexity index is 407. The molecule has 0 saturated carbocycles. The Kier molecular flexibility index (Phi) is 4.99. The second-order valence-electron chi connectivity index (χ2n) is 4.59. The molecule has 92 valence electrons. The van der Waals surface area contributed by atoms with Crippen molar-refractivity contribution in [2.75, 3.05) is 13.7 Å². The van der Waals surface area contributed by atoms with E-state index in [-0.39, 0.29) is 6.04 Å². The summed E-state index contributed by atoms with van der Waals surface area (Å²) in [5.74, 6) is 1.39. The topological polar surface area (TPSA) is 45.0 Å². The van der Waals surface area contributed by atoms with Crippen molar-refractivity contribution in [1.29, 1.82) is 5.26 Å². The highest BCUT2D eigenvalue weighted by Crippen LogP contribution is 2.22. The number of nitrogens with zero attached hydrogens (tertiary/aromatic N) is 1. The first-order valence-corrected chi connectivity index (χ1v) is 5.86. The number of benzene rings is 1. The molecular weight excluding hydrogens is 212 g/mol. The molecule has 3 heteroatoms. The zero-order valence-corrected chi connectivity index (χ0v) is 10.9. The average molecular weight is 232 g/mol. The van der Waals surface area contributed by atoms with Crippen LogP contribution in [0.25, 0.3) is 0 Å². The van der Waals surface area contributed by atoms with E-state index in [1.807, 2.05) is 25.1 Å². The van der Waals surface area contributed by atoms with Crippen LogP contribution in [0.1, 0.15) is 31.0 Å². The van der Waals surface area contributed by atoms with Crippen LogP contribution in [0, 0.1) is 24.2 Å². The number of aryl methyl sites for hydroxylation is 1. The fourth-order valence-corrected chi connectivity index (χ4v) is 1.67. The summed E-state index contributed by atoms with van der Waals surface area (Å²) in [6.45, 7) is 7.07. The van der Waals surface area contributed by atoms with Gasteiger partial charge in [-0.3, -0.25) is 5.32 Å².